The second kappa shape index (κ2) is 23.3. The van der Waals surface area contributed by atoms with Gasteiger partial charge in [-0.15, -0.1) is 0 Å². The Morgan fingerprint density at radius 3 is 1.82 bits per heavy atom. The molecule has 0 aliphatic heterocycles. The van der Waals surface area contributed by atoms with Gasteiger partial charge in [-0.1, -0.05) is 111 Å². The Morgan fingerprint density at radius 1 is 0.794 bits per heavy atom. The Balaban J connectivity index is 4.30. The van der Waals surface area contributed by atoms with Gasteiger partial charge < -0.3 is 9.42 Å². The van der Waals surface area contributed by atoms with Gasteiger partial charge in [-0.05, 0) is 31.9 Å². The summed E-state index contributed by atoms with van der Waals surface area (Å²) in [6, 6.07) is 0. The standard InChI is InChI=1S/C26H53O6PS/c1-5-8-10-12-13-14-15-16-18-20-23-34-25(21-19-17-11-9-6-2)24(4)31-32-26(27)33(28,29)30-22-7-3/h24-25H,5-23H2,1-4H3,(H,28,29). The molecule has 34 heavy (non-hydrogen) atoms. The van der Waals surface area contributed by atoms with Crippen LogP contribution in [-0.4, -0.2) is 34.3 Å². The van der Waals surface area contributed by atoms with Crippen LogP contribution >= 0.6 is 19.4 Å². The van der Waals surface area contributed by atoms with E-state index in [-0.39, 0.29) is 18.0 Å². The molecule has 0 heterocycles. The minimum Gasteiger partial charge on any atom is -0.316 e. The van der Waals surface area contributed by atoms with Crippen LogP contribution in [0.5, 0.6) is 0 Å². The zero-order valence-electron chi connectivity index (χ0n) is 22.4. The van der Waals surface area contributed by atoms with Crippen LogP contribution in [0.15, 0.2) is 0 Å². The lowest BCUT2D eigenvalue weighted by molar-refractivity contribution is -0.262. The van der Waals surface area contributed by atoms with Crippen molar-refractivity contribution < 1.29 is 28.6 Å². The summed E-state index contributed by atoms with van der Waals surface area (Å²) in [5.74, 6) is 1.05. The largest absolute Gasteiger partial charge is 0.452 e. The van der Waals surface area contributed by atoms with Gasteiger partial charge in [0.25, 0.3) is 0 Å². The van der Waals surface area contributed by atoms with Crippen molar-refractivity contribution >= 4 is 25.1 Å². The van der Waals surface area contributed by atoms with E-state index < -0.39 is 13.3 Å². The summed E-state index contributed by atoms with van der Waals surface area (Å²) in [7, 11) is -4.46. The molecule has 204 valence electrons. The minimum absolute atomic E-state index is 0.0214. The van der Waals surface area contributed by atoms with Crippen molar-refractivity contribution in [1.29, 1.82) is 0 Å². The van der Waals surface area contributed by atoms with Crippen LogP contribution in [0, 0.1) is 0 Å². The van der Waals surface area contributed by atoms with Crippen molar-refractivity contribution in [2.75, 3.05) is 12.4 Å². The molecule has 0 aromatic rings. The zero-order valence-corrected chi connectivity index (χ0v) is 24.1. The monoisotopic (exact) mass is 524 g/mol. The minimum atomic E-state index is -4.46. The van der Waals surface area contributed by atoms with E-state index >= 15 is 0 Å². The number of rotatable bonds is 25. The first-order valence-corrected chi connectivity index (χ1v) is 16.5. The maximum atomic E-state index is 11.9. The van der Waals surface area contributed by atoms with Gasteiger partial charge in [0.05, 0.1) is 6.61 Å². The lowest BCUT2D eigenvalue weighted by atomic mass is 10.1. The fraction of sp³-hybridized carbons (Fsp3) is 0.962. The van der Waals surface area contributed by atoms with Crippen LogP contribution in [0.3, 0.4) is 0 Å². The third kappa shape index (κ3) is 19.2. The Kier molecular flexibility index (Phi) is 23.3. The number of thioether (sulfide) groups is 1. The summed E-state index contributed by atoms with van der Waals surface area (Å²) in [4.78, 5) is 31.6. The maximum absolute atomic E-state index is 11.9. The van der Waals surface area contributed by atoms with Crippen molar-refractivity contribution in [3.8, 4) is 0 Å². The van der Waals surface area contributed by atoms with Crippen LogP contribution in [0.2, 0.25) is 0 Å². The number of carbonyl (C=O) groups excluding carboxylic acids is 1. The summed E-state index contributed by atoms with van der Waals surface area (Å²) in [6.45, 7) is 8.14. The van der Waals surface area contributed by atoms with Crippen LogP contribution in [0.4, 0.5) is 4.79 Å². The number of carbonyl (C=O) groups is 1. The molecule has 0 fully saturated rings. The fourth-order valence-electron chi connectivity index (χ4n) is 3.72. The molecule has 3 unspecified atom stereocenters. The van der Waals surface area contributed by atoms with Gasteiger partial charge in [0, 0.05) is 5.25 Å². The third-order valence-electron chi connectivity index (χ3n) is 5.92. The topological polar surface area (TPSA) is 82.1 Å². The van der Waals surface area contributed by atoms with Gasteiger partial charge in [-0.25, -0.2) is 9.36 Å². The van der Waals surface area contributed by atoms with Crippen LogP contribution in [0.25, 0.3) is 0 Å². The molecule has 1 N–H and O–H groups in total. The van der Waals surface area contributed by atoms with Crippen molar-refractivity contribution in [1.82, 2.24) is 0 Å². The van der Waals surface area contributed by atoms with E-state index in [1.165, 1.54) is 89.9 Å². The highest BCUT2D eigenvalue weighted by Gasteiger charge is 2.35. The second-order valence-electron chi connectivity index (χ2n) is 9.30. The summed E-state index contributed by atoms with van der Waals surface area (Å²) in [6.07, 6.45) is 20.4. The average Bonchev–Trinajstić information content (AvgIpc) is 2.82. The smallest absolute Gasteiger partial charge is 0.316 e. The van der Waals surface area contributed by atoms with Crippen molar-refractivity contribution in [3.05, 3.63) is 0 Å². The van der Waals surface area contributed by atoms with E-state index in [4.69, 9.17) is 14.3 Å². The van der Waals surface area contributed by atoms with Gasteiger partial charge >= 0.3 is 13.3 Å². The molecule has 8 heteroatoms. The second-order valence-corrected chi connectivity index (χ2v) is 12.3. The predicted molar refractivity (Wildman–Crippen MR) is 145 cm³/mol. The summed E-state index contributed by atoms with van der Waals surface area (Å²) < 4.78 is 16.6. The fourth-order valence-corrected chi connectivity index (χ4v) is 5.72. The van der Waals surface area contributed by atoms with Crippen molar-refractivity contribution in [2.24, 2.45) is 0 Å². The first-order valence-electron chi connectivity index (χ1n) is 13.9. The van der Waals surface area contributed by atoms with Gasteiger partial charge in [0.1, 0.15) is 6.10 Å². The highest BCUT2D eigenvalue weighted by Crippen LogP contribution is 2.44. The molecule has 0 aromatic heterocycles. The first-order chi connectivity index (χ1) is 16.4. The Hall–Kier alpha value is -0.0700. The molecule has 0 spiro atoms. The average molecular weight is 525 g/mol. The Labute approximate surface area is 214 Å². The summed E-state index contributed by atoms with van der Waals surface area (Å²) in [5.41, 5.74) is -1.34. The molecule has 0 aliphatic carbocycles. The summed E-state index contributed by atoms with van der Waals surface area (Å²) >= 11 is 1.86. The molecule has 0 rings (SSSR count). The van der Waals surface area contributed by atoms with E-state index in [1.807, 2.05) is 18.7 Å². The van der Waals surface area contributed by atoms with E-state index in [0.717, 1.165) is 18.6 Å². The van der Waals surface area contributed by atoms with Gasteiger partial charge in [0.2, 0.25) is 0 Å². The highest BCUT2D eigenvalue weighted by atomic mass is 32.2. The SMILES string of the molecule is CCCCCCCCCCCCSC(CCCCCCC)C(C)OOC(=O)P(=O)(O)OCCC. The molecule has 6 nitrogen and oxygen atoms in total. The van der Waals surface area contributed by atoms with E-state index in [9.17, 15) is 14.3 Å². The highest BCUT2D eigenvalue weighted by molar-refractivity contribution is 7.99. The van der Waals surface area contributed by atoms with Gasteiger partial charge in [0.15, 0.2) is 0 Å². The molecule has 0 bridgehead atoms. The van der Waals surface area contributed by atoms with E-state index in [1.54, 1.807) is 6.92 Å². The van der Waals surface area contributed by atoms with Crippen LogP contribution in [0.1, 0.15) is 137 Å². The zero-order chi connectivity index (χ0) is 25.5. The molecule has 0 saturated carbocycles. The lowest BCUT2D eigenvalue weighted by Crippen LogP contribution is -2.25. The Morgan fingerprint density at radius 2 is 1.29 bits per heavy atom. The number of unbranched alkanes of at least 4 members (excludes halogenated alkanes) is 13. The van der Waals surface area contributed by atoms with Gasteiger partial charge in [-0.3, -0.25) is 4.89 Å². The molecule has 0 radical (unpaired) electrons. The molecular weight excluding hydrogens is 471 g/mol. The van der Waals surface area contributed by atoms with Crippen LogP contribution in [-0.2, 0) is 18.9 Å². The van der Waals surface area contributed by atoms with E-state index in [2.05, 4.69) is 13.8 Å². The van der Waals surface area contributed by atoms with Crippen LogP contribution < -0.4 is 0 Å². The molecule has 3 atom stereocenters. The molecule has 0 aromatic carbocycles. The normalized spacial score (nSPS) is 15.1. The molecular formula is C26H53O6PS. The van der Waals surface area contributed by atoms with Gasteiger partial charge in [-0.2, -0.15) is 16.6 Å². The Bertz CT molecular complexity index is 520. The summed E-state index contributed by atoms with van der Waals surface area (Å²) in [5, 5.41) is 0.183. The molecule has 0 saturated heterocycles. The molecule has 0 aliphatic rings. The van der Waals surface area contributed by atoms with Crippen molar-refractivity contribution in [2.45, 2.75) is 148 Å². The number of hydrogen-bond donors (Lipinski definition) is 1. The molecule has 0 amide bonds. The first kappa shape index (κ1) is 33.9. The predicted octanol–water partition coefficient (Wildman–Crippen LogP) is 9.44. The third-order valence-corrected chi connectivity index (χ3v) is 8.56. The lowest BCUT2D eigenvalue weighted by Gasteiger charge is -2.23. The quantitative estimate of drug-likeness (QED) is 0.0551. The van der Waals surface area contributed by atoms with Crippen molar-refractivity contribution in [3.63, 3.8) is 0 Å². The van der Waals surface area contributed by atoms with E-state index in [0.29, 0.717) is 6.42 Å². The maximum Gasteiger partial charge on any atom is 0.452 e. The number of hydrogen-bond acceptors (Lipinski definition) is 6.